The molecule has 18 heavy (non-hydrogen) atoms. The molecule has 0 aromatic carbocycles. The second-order valence-corrected chi connectivity index (χ2v) is 7.44. The third kappa shape index (κ3) is 3.23. The maximum Gasteiger partial charge on any atom is 0.236 e. The van der Waals surface area contributed by atoms with Gasteiger partial charge in [0.25, 0.3) is 0 Å². The van der Waals surface area contributed by atoms with Gasteiger partial charge >= 0.3 is 0 Å². The van der Waals surface area contributed by atoms with Crippen LogP contribution < -0.4 is 0 Å². The lowest BCUT2D eigenvalue weighted by molar-refractivity contribution is -0.131. The zero-order valence-corrected chi connectivity index (χ0v) is 11.8. The number of likely N-dealkylation sites (tertiary alicyclic amines) is 1. The van der Waals surface area contributed by atoms with Gasteiger partial charge in [-0.1, -0.05) is 6.92 Å². The molecule has 0 aromatic rings. The lowest BCUT2D eigenvalue weighted by Crippen LogP contribution is -2.44. The van der Waals surface area contributed by atoms with Gasteiger partial charge < -0.3 is 4.90 Å². The fraction of sp³-hybridized carbons (Fsp3) is 0.917. The number of likely N-dealkylation sites (N-methyl/N-ethyl adjacent to an activating group) is 1. The van der Waals surface area contributed by atoms with Crippen molar-refractivity contribution < 1.29 is 13.2 Å². The maximum atomic E-state index is 12.1. The van der Waals surface area contributed by atoms with Crippen LogP contribution >= 0.6 is 0 Å². The Morgan fingerprint density at radius 2 is 2.00 bits per heavy atom. The van der Waals surface area contributed by atoms with Crippen molar-refractivity contribution in [1.82, 2.24) is 9.80 Å². The van der Waals surface area contributed by atoms with E-state index in [-0.39, 0.29) is 23.5 Å². The van der Waals surface area contributed by atoms with E-state index in [9.17, 15) is 13.2 Å². The highest BCUT2D eigenvalue weighted by Gasteiger charge is 2.33. The van der Waals surface area contributed by atoms with E-state index in [1.807, 2.05) is 16.7 Å². The quantitative estimate of drug-likeness (QED) is 0.730. The summed E-state index contributed by atoms with van der Waals surface area (Å²) in [6, 6.07) is 0.0338. The third-order valence-corrected chi connectivity index (χ3v) is 5.68. The smallest absolute Gasteiger partial charge is 0.236 e. The summed E-state index contributed by atoms with van der Waals surface area (Å²) in [4.78, 5) is 16.0. The predicted octanol–water partition coefficient (Wildman–Crippen LogP) is 0.118. The summed E-state index contributed by atoms with van der Waals surface area (Å²) in [5.74, 6) is 0.638. The molecule has 0 saturated carbocycles. The van der Waals surface area contributed by atoms with Crippen LogP contribution in [0, 0.1) is 0 Å². The van der Waals surface area contributed by atoms with Crippen molar-refractivity contribution in [2.75, 3.05) is 37.7 Å². The van der Waals surface area contributed by atoms with Crippen molar-refractivity contribution in [3.63, 3.8) is 0 Å². The molecular weight excluding hydrogens is 252 g/mol. The van der Waals surface area contributed by atoms with E-state index in [0.29, 0.717) is 13.0 Å². The van der Waals surface area contributed by atoms with Crippen LogP contribution in [0.2, 0.25) is 0 Å². The second kappa shape index (κ2) is 5.57. The molecule has 2 fully saturated rings. The number of amides is 1. The van der Waals surface area contributed by atoms with E-state index in [1.54, 1.807) is 0 Å². The topological polar surface area (TPSA) is 57.7 Å². The summed E-state index contributed by atoms with van der Waals surface area (Å²) in [6.45, 7) is 4.82. The van der Waals surface area contributed by atoms with E-state index in [1.165, 1.54) is 0 Å². The first-order valence-electron chi connectivity index (χ1n) is 6.74. The van der Waals surface area contributed by atoms with Gasteiger partial charge in [-0.3, -0.25) is 9.69 Å². The van der Waals surface area contributed by atoms with Gasteiger partial charge in [-0.2, -0.15) is 0 Å². The van der Waals surface area contributed by atoms with E-state index < -0.39 is 9.84 Å². The summed E-state index contributed by atoms with van der Waals surface area (Å²) in [6.07, 6.45) is 2.86. The van der Waals surface area contributed by atoms with Gasteiger partial charge in [0.1, 0.15) is 0 Å². The molecule has 5 nitrogen and oxygen atoms in total. The number of carbonyl (C=O) groups excluding carboxylic acids is 1. The van der Waals surface area contributed by atoms with Gasteiger partial charge in [0, 0.05) is 19.1 Å². The minimum absolute atomic E-state index is 0.0338. The lowest BCUT2D eigenvalue weighted by Gasteiger charge is -2.28. The molecular formula is C12H22N2O3S. The Hall–Kier alpha value is -0.620. The Balaban J connectivity index is 1.91. The molecule has 1 amide bonds. The van der Waals surface area contributed by atoms with E-state index in [2.05, 4.69) is 0 Å². The molecule has 0 bridgehead atoms. The standard InChI is InChI=1S/C12H22N2O3S/c1-2-13(11-5-8-18(16,17)10-11)9-12(15)14-6-3-4-7-14/h11H,2-10H2,1H3. The Morgan fingerprint density at radius 3 is 2.50 bits per heavy atom. The minimum atomic E-state index is -2.87. The number of hydrogen-bond acceptors (Lipinski definition) is 4. The van der Waals surface area contributed by atoms with E-state index in [0.717, 1.165) is 32.5 Å². The molecule has 2 saturated heterocycles. The third-order valence-electron chi connectivity index (χ3n) is 3.93. The first-order chi connectivity index (χ1) is 8.52. The molecule has 6 heteroatoms. The van der Waals surface area contributed by atoms with Crippen LogP contribution in [0.25, 0.3) is 0 Å². The summed E-state index contributed by atoms with van der Waals surface area (Å²) in [5.41, 5.74) is 0. The zero-order valence-electron chi connectivity index (χ0n) is 11.0. The van der Waals surface area contributed by atoms with Crippen LogP contribution in [0.5, 0.6) is 0 Å². The van der Waals surface area contributed by atoms with Gasteiger partial charge in [-0.15, -0.1) is 0 Å². The Kier molecular flexibility index (Phi) is 4.27. The Morgan fingerprint density at radius 1 is 1.33 bits per heavy atom. The number of rotatable bonds is 4. The van der Waals surface area contributed by atoms with Crippen LogP contribution in [0.3, 0.4) is 0 Å². The molecule has 0 radical (unpaired) electrons. The lowest BCUT2D eigenvalue weighted by atomic mass is 10.2. The van der Waals surface area contributed by atoms with Crippen molar-refractivity contribution >= 4 is 15.7 Å². The molecule has 1 atom stereocenters. The minimum Gasteiger partial charge on any atom is -0.342 e. The van der Waals surface area contributed by atoms with Crippen molar-refractivity contribution in [2.24, 2.45) is 0 Å². The zero-order chi connectivity index (χ0) is 13.2. The molecule has 0 N–H and O–H groups in total. The van der Waals surface area contributed by atoms with Crippen LogP contribution in [0.1, 0.15) is 26.2 Å². The fourth-order valence-corrected chi connectivity index (χ4v) is 4.56. The Labute approximate surface area is 109 Å². The number of sulfone groups is 1. The number of carbonyl (C=O) groups is 1. The van der Waals surface area contributed by atoms with Crippen molar-refractivity contribution in [3.05, 3.63) is 0 Å². The SMILES string of the molecule is CCN(CC(=O)N1CCCC1)C1CCS(=O)(=O)C1. The van der Waals surface area contributed by atoms with E-state index >= 15 is 0 Å². The van der Waals surface area contributed by atoms with Gasteiger partial charge in [0.2, 0.25) is 5.91 Å². The van der Waals surface area contributed by atoms with E-state index in [4.69, 9.17) is 0 Å². The second-order valence-electron chi connectivity index (χ2n) is 5.21. The van der Waals surface area contributed by atoms with Gasteiger partial charge in [-0.25, -0.2) is 8.42 Å². The highest BCUT2D eigenvalue weighted by Crippen LogP contribution is 2.18. The largest absolute Gasteiger partial charge is 0.342 e. The summed E-state index contributed by atoms with van der Waals surface area (Å²) < 4.78 is 23.0. The molecule has 2 heterocycles. The number of hydrogen-bond donors (Lipinski definition) is 0. The average Bonchev–Trinajstić information content (AvgIpc) is 2.94. The van der Waals surface area contributed by atoms with Gasteiger partial charge in [0.15, 0.2) is 9.84 Å². The van der Waals surface area contributed by atoms with Crippen LogP contribution in [-0.2, 0) is 14.6 Å². The number of nitrogens with zero attached hydrogens (tertiary/aromatic N) is 2. The van der Waals surface area contributed by atoms with Gasteiger partial charge in [-0.05, 0) is 25.8 Å². The summed E-state index contributed by atoms with van der Waals surface area (Å²) in [7, 11) is -2.87. The normalized spacial score (nSPS) is 27.0. The molecule has 2 aliphatic heterocycles. The molecule has 2 aliphatic rings. The first-order valence-corrected chi connectivity index (χ1v) is 8.56. The van der Waals surface area contributed by atoms with Crippen LogP contribution in [0.15, 0.2) is 0 Å². The molecule has 0 spiro atoms. The monoisotopic (exact) mass is 274 g/mol. The van der Waals surface area contributed by atoms with Crippen LogP contribution in [0.4, 0.5) is 0 Å². The maximum absolute atomic E-state index is 12.1. The van der Waals surface area contributed by atoms with Gasteiger partial charge in [0.05, 0.1) is 18.1 Å². The molecule has 0 aliphatic carbocycles. The van der Waals surface area contributed by atoms with Crippen molar-refractivity contribution in [1.29, 1.82) is 0 Å². The molecule has 0 aromatic heterocycles. The molecule has 2 rings (SSSR count). The summed E-state index contributed by atoms with van der Waals surface area (Å²) >= 11 is 0. The molecule has 1 unspecified atom stereocenters. The first kappa shape index (κ1) is 13.8. The highest BCUT2D eigenvalue weighted by atomic mass is 32.2. The Bertz CT molecular complexity index is 402. The van der Waals surface area contributed by atoms with Crippen molar-refractivity contribution in [3.8, 4) is 0 Å². The van der Waals surface area contributed by atoms with Crippen LogP contribution in [-0.4, -0.2) is 67.9 Å². The highest BCUT2D eigenvalue weighted by molar-refractivity contribution is 7.91. The molecule has 104 valence electrons. The predicted molar refractivity (Wildman–Crippen MR) is 70.1 cm³/mol. The van der Waals surface area contributed by atoms with Crippen molar-refractivity contribution in [2.45, 2.75) is 32.2 Å². The summed E-state index contributed by atoms with van der Waals surface area (Å²) in [5, 5.41) is 0. The fourth-order valence-electron chi connectivity index (χ4n) is 2.80. The average molecular weight is 274 g/mol.